The molecule has 2 aliphatic heterocycles. The van der Waals surface area contributed by atoms with Crippen LogP contribution in [0.1, 0.15) is 67.2 Å². The molecule has 3 aromatic rings. The van der Waals surface area contributed by atoms with Crippen molar-refractivity contribution in [2.45, 2.75) is 62.1 Å². The van der Waals surface area contributed by atoms with E-state index in [1.807, 2.05) is 42.5 Å². The number of anilines is 1. The Labute approximate surface area is 240 Å². The third-order valence-electron chi connectivity index (χ3n) is 9.51. The molecule has 39 heavy (non-hydrogen) atoms. The van der Waals surface area contributed by atoms with Crippen LogP contribution in [0.5, 0.6) is 5.75 Å². The Morgan fingerprint density at radius 3 is 2.51 bits per heavy atom. The second kappa shape index (κ2) is 9.52. The number of carbonyl (C=O) groups is 1. The first-order valence-electron chi connectivity index (χ1n) is 13.6. The van der Waals surface area contributed by atoms with E-state index in [1.54, 1.807) is 6.92 Å². The van der Waals surface area contributed by atoms with Gasteiger partial charge in [-0.05, 0) is 85.8 Å². The van der Waals surface area contributed by atoms with Crippen molar-refractivity contribution in [2.24, 2.45) is 5.73 Å². The molecule has 1 unspecified atom stereocenters. The first-order chi connectivity index (χ1) is 18.5. The van der Waals surface area contributed by atoms with Gasteiger partial charge in [-0.15, -0.1) is 0 Å². The van der Waals surface area contributed by atoms with E-state index in [0.717, 1.165) is 36.9 Å². The molecule has 7 heteroatoms. The third-order valence-corrected chi connectivity index (χ3v) is 10.3. The van der Waals surface area contributed by atoms with E-state index in [4.69, 9.17) is 33.7 Å². The van der Waals surface area contributed by atoms with Gasteiger partial charge in [0.15, 0.2) is 0 Å². The summed E-state index contributed by atoms with van der Waals surface area (Å²) in [4.78, 5) is 18.4. The molecule has 0 aromatic heterocycles. The fraction of sp³-hybridized carbons (Fsp3) is 0.406. The number of rotatable bonds is 4. The summed E-state index contributed by atoms with van der Waals surface area (Å²) in [5.74, 6) is 0.127. The number of hydrogen-bond acceptors (Lipinski definition) is 5. The molecule has 2 heterocycles. The van der Waals surface area contributed by atoms with Crippen LogP contribution in [0.3, 0.4) is 0 Å². The molecule has 1 fully saturated rings. The van der Waals surface area contributed by atoms with Crippen molar-refractivity contribution < 1.29 is 9.53 Å². The summed E-state index contributed by atoms with van der Waals surface area (Å²) in [5.41, 5.74) is 11.5. The van der Waals surface area contributed by atoms with Gasteiger partial charge in [-0.1, -0.05) is 60.5 Å². The van der Waals surface area contributed by atoms with Gasteiger partial charge in [0, 0.05) is 36.5 Å². The molecule has 2 N–H and O–H groups in total. The fourth-order valence-corrected chi connectivity index (χ4v) is 7.77. The second-order valence-electron chi connectivity index (χ2n) is 12.0. The maximum absolute atomic E-state index is 13.7. The van der Waals surface area contributed by atoms with Crippen LogP contribution in [0.15, 0.2) is 60.7 Å². The number of benzene rings is 3. The smallest absolute Gasteiger partial charge is 0.331 e. The fourth-order valence-electron chi connectivity index (χ4n) is 7.47. The van der Waals surface area contributed by atoms with Crippen molar-refractivity contribution in [3.8, 4) is 5.75 Å². The van der Waals surface area contributed by atoms with Crippen LogP contribution in [0, 0.1) is 0 Å². The molecule has 0 spiro atoms. The number of likely N-dealkylation sites (N-methyl/N-ethyl adjacent to an activating group) is 2. The maximum atomic E-state index is 13.7. The Hall–Kier alpha value is -2.57. The van der Waals surface area contributed by atoms with Gasteiger partial charge in [-0.2, -0.15) is 0 Å². The molecule has 204 valence electrons. The molecule has 3 aliphatic rings. The molecule has 6 rings (SSSR count). The van der Waals surface area contributed by atoms with E-state index in [-0.39, 0.29) is 17.3 Å². The molecular weight excluding hydrogens is 529 g/mol. The monoisotopic (exact) mass is 563 g/mol. The summed E-state index contributed by atoms with van der Waals surface area (Å²) in [6.45, 7) is 5.16. The lowest BCUT2D eigenvalue weighted by Gasteiger charge is -2.39. The lowest BCUT2D eigenvalue weighted by molar-refractivity contribution is -0.141. The number of likely N-dealkylation sites (tertiary alicyclic amines) is 1. The summed E-state index contributed by atoms with van der Waals surface area (Å²) in [5, 5.41) is 1.09. The number of carbonyl (C=O) groups excluding carboxylic acids is 1. The van der Waals surface area contributed by atoms with Gasteiger partial charge in [0.1, 0.15) is 11.3 Å². The molecule has 1 aliphatic carbocycles. The number of hydrogen-bond donors (Lipinski definition) is 1. The summed E-state index contributed by atoms with van der Waals surface area (Å²) in [6, 6.07) is 20.1. The van der Waals surface area contributed by atoms with Crippen molar-refractivity contribution in [1.29, 1.82) is 0 Å². The molecule has 0 saturated carbocycles. The zero-order valence-electron chi connectivity index (χ0n) is 22.9. The maximum Gasteiger partial charge on any atom is 0.331 e. The summed E-state index contributed by atoms with van der Waals surface area (Å²) in [6.07, 6.45) is 2.97. The summed E-state index contributed by atoms with van der Waals surface area (Å²) >= 11 is 12.5. The van der Waals surface area contributed by atoms with Gasteiger partial charge >= 0.3 is 5.97 Å². The van der Waals surface area contributed by atoms with Gasteiger partial charge < -0.3 is 15.4 Å². The van der Waals surface area contributed by atoms with E-state index in [1.165, 1.54) is 16.8 Å². The van der Waals surface area contributed by atoms with Crippen molar-refractivity contribution in [1.82, 2.24) is 4.90 Å². The summed E-state index contributed by atoms with van der Waals surface area (Å²) in [7, 11) is 4.32. The van der Waals surface area contributed by atoms with Crippen LogP contribution < -0.4 is 15.4 Å². The van der Waals surface area contributed by atoms with E-state index in [9.17, 15) is 4.79 Å². The minimum atomic E-state index is -1.20. The molecule has 5 atom stereocenters. The van der Waals surface area contributed by atoms with E-state index in [0.29, 0.717) is 22.0 Å². The van der Waals surface area contributed by atoms with Gasteiger partial charge in [0.2, 0.25) is 0 Å². The average molecular weight is 565 g/mol. The normalized spacial score (nSPS) is 27.5. The van der Waals surface area contributed by atoms with Crippen molar-refractivity contribution in [2.75, 3.05) is 25.5 Å². The first-order valence-corrected chi connectivity index (χ1v) is 14.4. The molecule has 0 bridgehead atoms. The lowest BCUT2D eigenvalue weighted by Crippen LogP contribution is -2.53. The van der Waals surface area contributed by atoms with E-state index < -0.39 is 11.5 Å². The molecule has 5 nitrogen and oxygen atoms in total. The van der Waals surface area contributed by atoms with Crippen molar-refractivity contribution in [3.63, 3.8) is 0 Å². The highest BCUT2D eigenvalue weighted by atomic mass is 35.5. The van der Waals surface area contributed by atoms with Crippen LogP contribution in [0.2, 0.25) is 10.0 Å². The van der Waals surface area contributed by atoms with E-state index in [2.05, 4.69) is 49.0 Å². The predicted octanol–water partition coefficient (Wildman–Crippen LogP) is 6.69. The Bertz CT molecular complexity index is 1460. The topological polar surface area (TPSA) is 58.8 Å². The standard InChI is InChI=1S/C32H35Cl2N3O2/c1-31-15-16-36(3)29(31)37(4)28-14-10-20(18-25(28)31)39-30(38)32(2,35)24-12-11-21(22-7-5-6-8-23(22)24)19-9-13-26(33)27(34)17-19/h5-10,13-14,17-18,21,24,29H,11-12,15-16,35H2,1-4H3/t21-,24-,29+,31-,32?/m0/s1. The quantitative estimate of drug-likeness (QED) is 0.283. The van der Waals surface area contributed by atoms with Gasteiger partial charge in [-0.3, -0.25) is 4.90 Å². The second-order valence-corrected chi connectivity index (χ2v) is 12.8. The molecule has 1 saturated heterocycles. The third kappa shape index (κ3) is 4.17. The van der Waals surface area contributed by atoms with Gasteiger partial charge in [0.05, 0.1) is 16.2 Å². The van der Waals surface area contributed by atoms with Crippen LogP contribution in [-0.2, 0) is 10.2 Å². The lowest BCUT2D eigenvalue weighted by atomic mass is 9.68. The largest absolute Gasteiger partial charge is 0.425 e. The summed E-state index contributed by atoms with van der Waals surface area (Å²) < 4.78 is 6.04. The van der Waals surface area contributed by atoms with Crippen molar-refractivity contribution in [3.05, 3.63) is 93.0 Å². The number of fused-ring (bicyclic) bond motifs is 4. The molecular formula is C32H35Cl2N3O2. The Morgan fingerprint density at radius 2 is 1.77 bits per heavy atom. The SMILES string of the molecule is CN1CC[C@@]2(C)c3cc(OC(=O)C(C)(N)[C@H]4CC[C@@H](c5ccc(Cl)c(Cl)c5)c5ccccc54)ccc3N(C)[C@@H]12. The Kier molecular flexibility index (Phi) is 6.50. The average Bonchev–Trinajstić information content (AvgIpc) is 3.34. The predicted molar refractivity (Wildman–Crippen MR) is 158 cm³/mol. The number of halogens is 2. The minimum absolute atomic E-state index is 0.00481. The minimum Gasteiger partial charge on any atom is -0.425 e. The first kappa shape index (κ1) is 26.6. The molecule has 3 aromatic carbocycles. The Balaban J connectivity index is 1.27. The van der Waals surface area contributed by atoms with Crippen LogP contribution in [0.25, 0.3) is 0 Å². The number of nitrogens with zero attached hydrogens (tertiary/aromatic N) is 2. The number of nitrogens with two attached hydrogens (primary N) is 1. The van der Waals surface area contributed by atoms with Gasteiger partial charge in [-0.25, -0.2) is 4.79 Å². The highest BCUT2D eigenvalue weighted by molar-refractivity contribution is 6.42. The highest BCUT2D eigenvalue weighted by Gasteiger charge is 2.52. The number of esters is 1. The highest BCUT2D eigenvalue weighted by Crippen LogP contribution is 2.52. The Morgan fingerprint density at radius 1 is 1.03 bits per heavy atom. The van der Waals surface area contributed by atoms with Crippen molar-refractivity contribution >= 4 is 34.9 Å². The van der Waals surface area contributed by atoms with Crippen LogP contribution >= 0.6 is 23.2 Å². The number of ether oxygens (including phenoxy) is 1. The zero-order valence-corrected chi connectivity index (χ0v) is 24.4. The zero-order chi connectivity index (χ0) is 27.7. The van der Waals surface area contributed by atoms with Crippen LogP contribution in [-0.4, -0.2) is 43.2 Å². The van der Waals surface area contributed by atoms with E-state index >= 15 is 0 Å². The van der Waals surface area contributed by atoms with Gasteiger partial charge in [0.25, 0.3) is 0 Å². The van der Waals surface area contributed by atoms with Crippen LogP contribution in [0.4, 0.5) is 5.69 Å². The molecule has 0 amide bonds. The molecule has 0 radical (unpaired) electrons.